The topological polar surface area (TPSA) is 67.5 Å². The zero-order chi connectivity index (χ0) is 14.3. The van der Waals surface area contributed by atoms with Crippen LogP contribution in [0.1, 0.15) is 15.9 Å². The summed E-state index contributed by atoms with van der Waals surface area (Å²) in [7, 11) is 0. The van der Waals surface area contributed by atoms with Gasteiger partial charge < -0.3 is 9.52 Å². The van der Waals surface area contributed by atoms with Gasteiger partial charge in [0.15, 0.2) is 11.3 Å². The quantitative estimate of drug-likeness (QED) is 0.782. The Hall–Kier alpha value is -2.40. The number of thiophene rings is 1. The van der Waals surface area contributed by atoms with Gasteiger partial charge in [-0.15, -0.1) is 11.3 Å². The van der Waals surface area contributed by atoms with Gasteiger partial charge in [-0.2, -0.15) is 0 Å². The summed E-state index contributed by atoms with van der Waals surface area (Å²) in [5.74, 6) is -1.15. The molecule has 2 heterocycles. The van der Waals surface area contributed by atoms with E-state index < -0.39 is 11.4 Å². The molecule has 0 atom stereocenters. The van der Waals surface area contributed by atoms with Crippen LogP contribution in [0.15, 0.2) is 44.9 Å². The number of hydrogen-bond acceptors (Lipinski definition) is 4. The molecule has 3 rings (SSSR count). The van der Waals surface area contributed by atoms with E-state index in [0.717, 1.165) is 5.56 Å². The molecule has 5 heteroatoms. The van der Waals surface area contributed by atoms with Crippen molar-refractivity contribution >= 4 is 28.3 Å². The predicted molar refractivity (Wildman–Crippen MR) is 77.5 cm³/mol. The number of carbonyl (C=O) groups is 1. The van der Waals surface area contributed by atoms with Gasteiger partial charge in [0, 0.05) is 0 Å². The lowest BCUT2D eigenvalue weighted by Crippen LogP contribution is -2.16. The van der Waals surface area contributed by atoms with Gasteiger partial charge in [-0.25, -0.2) is 4.79 Å². The molecule has 4 nitrogen and oxygen atoms in total. The summed E-state index contributed by atoms with van der Waals surface area (Å²) in [6.45, 7) is 1.88. The Labute approximate surface area is 117 Å². The van der Waals surface area contributed by atoms with Gasteiger partial charge in [-0.3, -0.25) is 4.79 Å². The molecule has 0 unspecified atom stereocenters. The van der Waals surface area contributed by atoms with Crippen LogP contribution in [0, 0.1) is 6.92 Å². The average molecular weight is 286 g/mol. The third kappa shape index (κ3) is 1.92. The molecule has 0 aliphatic carbocycles. The van der Waals surface area contributed by atoms with Crippen molar-refractivity contribution in [3.63, 3.8) is 0 Å². The van der Waals surface area contributed by atoms with Crippen molar-refractivity contribution in [1.82, 2.24) is 0 Å². The maximum atomic E-state index is 12.4. The van der Waals surface area contributed by atoms with Crippen molar-refractivity contribution in [2.24, 2.45) is 0 Å². The number of benzene rings is 1. The Bertz CT molecular complexity index is 859. The molecule has 100 valence electrons. The first-order valence-corrected chi connectivity index (χ1v) is 6.80. The summed E-state index contributed by atoms with van der Waals surface area (Å²) < 4.78 is 5.69. The molecule has 3 aromatic rings. The smallest absolute Gasteiger partial charge is 0.343 e. The first-order valence-electron chi connectivity index (χ1n) is 5.92. The molecule has 0 aliphatic rings. The number of aryl methyl sites for hydroxylation is 1. The van der Waals surface area contributed by atoms with Crippen molar-refractivity contribution in [3.8, 4) is 10.6 Å². The van der Waals surface area contributed by atoms with Gasteiger partial charge in [-0.05, 0) is 36.1 Å². The zero-order valence-electron chi connectivity index (χ0n) is 10.5. The third-order valence-corrected chi connectivity index (χ3v) is 3.88. The normalized spacial score (nSPS) is 10.8. The maximum Gasteiger partial charge on any atom is 0.343 e. The Morgan fingerprint density at radius 2 is 2.10 bits per heavy atom. The van der Waals surface area contributed by atoms with Crippen molar-refractivity contribution in [3.05, 3.63) is 57.1 Å². The second kappa shape index (κ2) is 4.61. The zero-order valence-corrected chi connectivity index (χ0v) is 11.4. The standard InChI is InChI=1S/C15H10O4S/c1-8-4-5-9-10(7-8)19-14(11-3-2-6-20-11)12(13(9)16)15(17)18/h2-7H,1H3,(H,17,18). The van der Waals surface area contributed by atoms with Crippen LogP contribution in [0.5, 0.6) is 0 Å². The number of aromatic carboxylic acids is 1. The Balaban J connectivity index is 2.47. The summed E-state index contributed by atoms with van der Waals surface area (Å²) in [4.78, 5) is 24.4. The molecule has 0 saturated heterocycles. The van der Waals surface area contributed by atoms with Crippen LogP contribution < -0.4 is 5.43 Å². The molecule has 1 aromatic carbocycles. The van der Waals surface area contributed by atoms with E-state index in [1.165, 1.54) is 11.3 Å². The first kappa shape index (κ1) is 12.6. The second-order valence-electron chi connectivity index (χ2n) is 4.42. The lowest BCUT2D eigenvalue weighted by Gasteiger charge is -2.06. The van der Waals surface area contributed by atoms with E-state index in [1.807, 2.05) is 6.92 Å². The number of carboxylic acid groups (broad SMARTS) is 1. The van der Waals surface area contributed by atoms with Crippen LogP contribution in [0.3, 0.4) is 0 Å². The lowest BCUT2D eigenvalue weighted by molar-refractivity contribution is 0.0694. The molecule has 0 spiro atoms. The molecular weight excluding hydrogens is 276 g/mol. The Morgan fingerprint density at radius 3 is 2.75 bits per heavy atom. The fraction of sp³-hybridized carbons (Fsp3) is 0.0667. The number of rotatable bonds is 2. The van der Waals surface area contributed by atoms with E-state index in [1.54, 1.807) is 35.7 Å². The first-order chi connectivity index (χ1) is 9.58. The number of fused-ring (bicyclic) bond motifs is 1. The fourth-order valence-electron chi connectivity index (χ4n) is 2.08. The molecule has 0 bridgehead atoms. The van der Waals surface area contributed by atoms with Crippen molar-refractivity contribution < 1.29 is 14.3 Å². The number of carboxylic acids is 1. The van der Waals surface area contributed by atoms with E-state index in [9.17, 15) is 14.7 Å². The largest absolute Gasteiger partial charge is 0.477 e. The minimum Gasteiger partial charge on any atom is -0.477 e. The van der Waals surface area contributed by atoms with Gasteiger partial charge in [0.05, 0.1) is 10.3 Å². The van der Waals surface area contributed by atoms with Crippen molar-refractivity contribution in [2.45, 2.75) is 6.92 Å². The van der Waals surface area contributed by atoms with Gasteiger partial charge in [0.2, 0.25) is 5.43 Å². The summed E-state index contributed by atoms with van der Waals surface area (Å²) in [5.41, 5.74) is 0.523. The van der Waals surface area contributed by atoms with Crippen LogP contribution in [0.25, 0.3) is 21.6 Å². The summed E-state index contributed by atoms with van der Waals surface area (Å²) in [6.07, 6.45) is 0. The number of hydrogen-bond donors (Lipinski definition) is 1. The maximum absolute atomic E-state index is 12.4. The summed E-state index contributed by atoms with van der Waals surface area (Å²) >= 11 is 1.33. The SMILES string of the molecule is Cc1ccc2c(=O)c(C(=O)O)c(-c3cccs3)oc2c1. The van der Waals surface area contributed by atoms with Crippen molar-refractivity contribution in [2.75, 3.05) is 0 Å². The van der Waals surface area contributed by atoms with E-state index in [0.29, 0.717) is 10.5 Å². The molecule has 0 radical (unpaired) electrons. The molecule has 0 aliphatic heterocycles. The average Bonchev–Trinajstić information content (AvgIpc) is 2.91. The van der Waals surface area contributed by atoms with Gasteiger partial charge >= 0.3 is 5.97 Å². The van der Waals surface area contributed by atoms with Crippen LogP contribution in [-0.2, 0) is 0 Å². The molecule has 1 N–H and O–H groups in total. The van der Waals surface area contributed by atoms with Gasteiger partial charge in [0.1, 0.15) is 5.58 Å². The van der Waals surface area contributed by atoms with Crippen LogP contribution in [-0.4, -0.2) is 11.1 Å². The molecule has 2 aromatic heterocycles. The minimum atomic E-state index is -1.27. The third-order valence-electron chi connectivity index (χ3n) is 3.01. The fourth-order valence-corrected chi connectivity index (χ4v) is 2.79. The summed E-state index contributed by atoms with van der Waals surface area (Å²) in [5, 5.41) is 11.4. The lowest BCUT2D eigenvalue weighted by atomic mass is 10.1. The van der Waals surface area contributed by atoms with E-state index >= 15 is 0 Å². The Morgan fingerprint density at radius 1 is 1.30 bits per heavy atom. The minimum absolute atomic E-state index is 0.121. The molecule has 0 fully saturated rings. The van der Waals surface area contributed by atoms with Gasteiger partial charge in [0.25, 0.3) is 0 Å². The predicted octanol–water partition coefficient (Wildman–Crippen LogP) is 3.53. The van der Waals surface area contributed by atoms with Crippen molar-refractivity contribution in [1.29, 1.82) is 0 Å². The van der Waals surface area contributed by atoms with Crippen LogP contribution in [0.2, 0.25) is 0 Å². The molecule has 0 amide bonds. The summed E-state index contributed by atoms with van der Waals surface area (Å²) in [6, 6.07) is 8.61. The monoisotopic (exact) mass is 286 g/mol. The van der Waals surface area contributed by atoms with Crippen LogP contribution in [0.4, 0.5) is 0 Å². The van der Waals surface area contributed by atoms with Crippen LogP contribution >= 0.6 is 11.3 Å². The highest BCUT2D eigenvalue weighted by Crippen LogP contribution is 2.29. The highest BCUT2D eigenvalue weighted by atomic mass is 32.1. The Kier molecular flexibility index (Phi) is 2.91. The van der Waals surface area contributed by atoms with E-state index in [2.05, 4.69) is 0 Å². The molecule has 20 heavy (non-hydrogen) atoms. The second-order valence-corrected chi connectivity index (χ2v) is 5.37. The van der Waals surface area contributed by atoms with Gasteiger partial charge in [-0.1, -0.05) is 12.1 Å². The highest BCUT2D eigenvalue weighted by molar-refractivity contribution is 7.13. The molecule has 0 saturated carbocycles. The van der Waals surface area contributed by atoms with E-state index in [4.69, 9.17) is 4.42 Å². The highest BCUT2D eigenvalue weighted by Gasteiger charge is 2.22. The van der Waals surface area contributed by atoms with E-state index in [-0.39, 0.29) is 16.7 Å². The molecular formula is C15H10O4S.